The van der Waals surface area contributed by atoms with E-state index < -0.39 is 0 Å². The third-order valence-corrected chi connectivity index (χ3v) is 4.40. The van der Waals surface area contributed by atoms with E-state index in [0.29, 0.717) is 22.7 Å². The van der Waals surface area contributed by atoms with Crippen LogP contribution in [0.25, 0.3) is 11.5 Å². The molecule has 136 valence electrons. The molecule has 1 amide bonds. The van der Waals surface area contributed by atoms with Gasteiger partial charge in [0.2, 0.25) is 11.8 Å². The van der Waals surface area contributed by atoms with Crippen LogP contribution in [0.5, 0.6) is 0 Å². The normalized spacial score (nSPS) is 11.8. The first-order valence-electron chi connectivity index (χ1n) is 7.89. The maximum absolute atomic E-state index is 12.0. The van der Waals surface area contributed by atoms with Crippen LogP contribution in [0.15, 0.2) is 33.9 Å². The van der Waals surface area contributed by atoms with Crippen LogP contribution in [0.1, 0.15) is 13.8 Å². The van der Waals surface area contributed by atoms with E-state index in [9.17, 15) is 4.79 Å². The van der Waals surface area contributed by atoms with E-state index in [-0.39, 0.29) is 17.1 Å². The van der Waals surface area contributed by atoms with Crippen LogP contribution in [0.3, 0.4) is 0 Å². The monoisotopic (exact) mass is 382 g/mol. The number of carbonyl (C=O) groups excluding carboxylic acids is 1. The minimum absolute atomic E-state index is 0.00999. The number of nitrogens with zero attached hydrogens (tertiary/aromatic N) is 3. The minimum Gasteiger partial charge on any atom is -0.411 e. The molecule has 1 aromatic heterocycles. The lowest BCUT2D eigenvalue weighted by atomic mass is 9.93. The second kappa shape index (κ2) is 8.69. The predicted octanol–water partition coefficient (Wildman–Crippen LogP) is 3.19. The highest BCUT2D eigenvalue weighted by Gasteiger charge is 2.20. The largest absolute Gasteiger partial charge is 0.411 e. The average molecular weight is 383 g/mol. The molecule has 1 aromatic carbocycles. The summed E-state index contributed by atoms with van der Waals surface area (Å²) in [6.45, 7) is 5.76. The summed E-state index contributed by atoms with van der Waals surface area (Å²) in [6, 6.07) is 7.14. The molecule has 0 fully saturated rings. The fraction of sp³-hybridized carbons (Fsp3) is 0.471. The Balaban J connectivity index is 1.81. The number of rotatable bonds is 8. The molecule has 0 radical (unpaired) electrons. The Hall–Kier alpha value is -1.57. The third kappa shape index (κ3) is 6.68. The second-order valence-electron chi connectivity index (χ2n) is 6.85. The average Bonchev–Trinajstić information content (AvgIpc) is 2.99. The molecular weight excluding hydrogens is 360 g/mol. The molecular formula is C17H23ClN4O2S. The van der Waals surface area contributed by atoms with Crippen molar-refractivity contribution in [3.63, 3.8) is 0 Å². The van der Waals surface area contributed by atoms with Gasteiger partial charge in [-0.05, 0) is 43.8 Å². The Morgan fingerprint density at radius 2 is 1.96 bits per heavy atom. The summed E-state index contributed by atoms with van der Waals surface area (Å²) in [4.78, 5) is 14.1. The summed E-state index contributed by atoms with van der Waals surface area (Å²) in [5.74, 6) is 0.593. The maximum Gasteiger partial charge on any atom is 0.277 e. The van der Waals surface area contributed by atoms with Gasteiger partial charge in [-0.25, -0.2) is 0 Å². The quantitative estimate of drug-likeness (QED) is 0.707. The van der Waals surface area contributed by atoms with E-state index in [1.165, 1.54) is 11.8 Å². The van der Waals surface area contributed by atoms with Crippen LogP contribution < -0.4 is 5.32 Å². The summed E-state index contributed by atoms with van der Waals surface area (Å²) in [5.41, 5.74) is 0.800. The summed E-state index contributed by atoms with van der Waals surface area (Å²) < 4.78 is 5.57. The van der Waals surface area contributed by atoms with Gasteiger partial charge < -0.3 is 14.6 Å². The van der Waals surface area contributed by atoms with Crippen LogP contribution in [0.4, 0.5) is 0 Å². The molecule has 1 N–H and O–H groups in total. The molecule has 0 saturated heterocycles. The molecule has 0 aliphatic carbocycles. The number of carbonyl (C=O) groups is 1. The van der Waals surface area contributed by atoms with Crippen LogP contribution in [0.2, 0.25) is 5.02 Å². The fourth-order valence-electron chi connectivity index (χ4n) is 2.41. The summed E-state index contributed by atoms with van der Waals surface area (Å²) in [5, 5.41) is 11.9. The molecule has 6 nitrogen and oxygen atoms in total. The Labute approximate surface area is 157 Å². The number of hydrogen-bond donors (Lipinski definition) is 1. The van der Waals surface area contributed by atoms with Gasteiger partial charge >= 0.3 is 0 Å². The van der Waals surface area contributed by atoms with Gasteiger partial charge in [-0.1, -0.05) is 37.2 Å². The Morgan fingerprint density at radius 3 is 2.60 bits per heavy atom. The molecule has 2 aromatic rings. The first kappa shape index (κ1) is 19.8. The summed E-state index contributed by atoms with van der Waals surface area (Å²) in [6.07, 6.45) is 0. The molecule has 0 saturated carbocycles. The lowest BCUT2D eigenvalue weighted by Gasteiger charge is -2.28. The van der Waals surface area contributed by atoms with Gasteiger partial charge in [0, 0.05) is 23.7 Å². The molecule has 0 spiro atoms. The first-order chi connectivity index (χ1) is 11.7. The molecule has 0 aliphatic rings. The van der Waals surface area contributed by atoms with Crippen LogP contribution in [-0.4, -0.2) is 53.9 Å². The van der Waals surface area contributed by atoms with Crippen molar-refractivity contribution in [2.75, 3.05) is 32.9 Å². The van der Waals surface area contributed by atoms with Crippen molar-refractivity contribution in [2.45, 2.75) is 19.1 Å². The first-order valence-corrected chi connectivity index (χ1v) is 9.25. The van der Waals surface area contributed by atoms with Crippen molar-refractivity contribution >= 4 is 29.3 Å². The van der Waals surface area contributed by atoms with E-state index in [1.54, 1.807) is 12.1 Å². The molecule has 2 rings (SSSR count). The van der Waals surface area contributed by atoms with Crippen molar-refractivity contribution in [1.29, 1.82) is 0 Å². The lowest BCUT2D eigenvalue weighted by Crippen LogP contribution is -2.40. The van der Waals surface area contributed by atoms with E-state index in [1.807, 2.05) is 26.2 Å². The molecule has 0 aliphatic heterocycles. The van der Waals surface area contributed by atoms with E-state index >= 15 is 0 Å². The summed E-state index contributed by atoms with van der Waals surface area (Å²) in [7, 11) is 4.04. The molecule has 25 heavy (non-hydrogen) atoms. The lowest BCUT2D eigenvalue weighted by molar-refractivity contribution is -0.119. The number of benzene rings is 1. The highest BCUT2D eigenvalue weighted by atomic mass is 35.5. The minimum atomic E-state index is -0.0527. The van der Waals surface area contributed by atoms with Crippen molar-refractivity contribution in [2.24, 2.45) is 5.41 Å². The van der Waals surface area contributed by atoms with Crippen molar-refractivity contribution < 1.29 is 9.21 Å². The highest BCUT2D eigenvalue weighted by molar-refractivity contribution is 7.99. The van der Waals surface area contributed by atoms with Crippen molar-refractivity contribution in [1.82, 2.24) is 20.4 Å². The van der Waals surface area contributed by atoms with Crippen LogP contribution in [-0.2, 0) is 4.79 Å². The standard InChI is InChI=1S/C17H23ClN4O2S/c1-17(2,11-22(3)4)10-19-14(23)9-25-16-21-20-15(24-16)12-5-7-13(18)8-6-12/h5-8H,9-11H2,1-4H3,(H,19,23). The van der Waals surface area contributed by atoms with Crippen LogP contribution in [0, 0.1) is 5.41 Å². The molecule has 1 heterocycles. The number of thioether (sulfide) groups is 1. The Kier molecular flexibility index (Phi) is 6.87. The SMILES string of the molecule is CN(C)CC(C)(C)CNC(=O)CSc1nnc(-c2ccc(Cl)cc2)o1. The van der Waals surface area contributed by atoms with Crippen molar-refractivity contribution in [3.8, 4) is 11.5 Å². The van der Waals surface area contributed by atoms with E-state index in [2.05, 4.69) is 34.3 Å². The zero-order valence-corrected chi connectivity index (χ0v) is 16.4. The molecule has 0 bridgehead atoms. The summed E-state index contributed by atoms with van der Waals surface area (Å²) >= 11 is 7.08. The van der Waals surface area contributed by atoms with Gasteiger partial charge in [0.05, 0.1) is 5.75 Å². The van der Waals surface area contributed by atoms with Gasteiger partial charge in [0.15, 0.2) is 0 Å². The Bertz CT molecular complexity index is 701. The van der Waals surface area contributed by atoms with Gasteiger partial charge in [0.1, 0.15) is 0 Å². The number of nitrogens with one attached hydrogen (secondary N) is 1. The Morgan fingerprint density at radius 1 is 1.28 bits per heavy atom. The fourth-order valence-corrected chi connectivity index (χ4v) is 3.12. The predicted molar refractivity (Wildman–Crippen MR) is 101 cm³/mol. The van der Waals surface area contributed by atoms with Gasteiger partial charge in [0.25, 0.3) is 5.22 Å². The zero-order chi connectivity index (χ0) is 18.4. The molecule has 8 heteroatoms. The van der Waals surface area contributed by atoms with Crippen molar-refractivity contribution in [3.05, 3.63) is 29.3 Å². The number of aromatic nitrogens is 2. The number of hydrogen-bond acceptors (Lipinski definition) is 6. The van der Waals surface area contributed by atoms with Crippen LogP contribution >= 0.6 is 23.4 Å². The maximum atomic E-state index is 12.0. The van der Waals surface area contributed by atoms with Gasteiger partial charge in [-0.2, -0.15) is 0 Å². The number of amides is 1. The second-order valence-corrected chi connectivity index (χ2v) is 8.21. The molecule has 0 atom stereocenters. The topological polar surface area (TPSA) is 71.3 Å². The smallest absolute Gasteiger partial charge is 0.277 e. The third-order valence-electron chi connectivity index (χ3n) is 3.33. The highest BCUT2D eigenvalue weighted by Crippen LogP contribution is 2.24. The zero-order valence-electron chi connectivity index (χ0n) is 14.9. The van der Waals surface area contributed by atoms with E-state index in [4.69, 9.17) is 16.0 Å². The molecule has 0 unspecified atom stereocenters. The van der Waals surface area contributed by atoms with Gasteiger partial charge in [-0.15, -0.1) is 10.2 Å². The number of halogens is 1. The van der Waals surface area contributed by atoms with E-state index in [0.717, 1.165) is 12.1 Å². The van der Waals surface area contributed by atoms with Gasteiger partial charge in [-0.3, -0.25) is 4.79 Å².